The van der Waals surface area contributed by atoms with Crippen LogP contribution < -0.4 is 10.6 Å². The van der Waals surface area contributed by atoms with Gasteiger partial charge < -0.3 is 10.6 Å². The Morgan fingerprint density at radius 3 is 2.77 bits per heavy atom. The van der Waals surface area contributed by atoms with E-state index < -0.39 is 0 Å². The van der Waals surface area contributed by atoms with Gasteiger partial charge in [-0.15, -0.1) is 0 Å². The molecule has 4 atom stereocenters. The van der Waals surface area contributed by atoms with Crippen LogP contribution in [0.25, 0.3) is 10.8 Å². The number of benzene rings is 3. The van der Waals surface area contributed by atoms with Crippen molar-refractivity contribution in [2.24, 2.45) is 5.92 Å². The Kier molecular flexibility index (Phi) is 4.82. The first-order valence-corrected chi connectivity index (χ1v) is 11.0. The van der Waals surface area contributed by atoms with Crippen LogP contribution in [0.3, 0.4) is 0 Å². The van der Waals surface area contributed by atoms with Crippen molar-refractivity contribution in [1.82, 2.24) is 5.32 Å². The van der Waals surface area contributed by atoms with Crippen molar-refractivity contribution >= 4 is 22.4 Å². The molecule has 0 saturated carbocycles. The third-order valence-corrected chi connectivity index (χ3v) is 6.75. The summed E-state index contributed by atoms with van der Waals surface area (Å²) in [6, 6.07) is 21.9. The lowest BCUT2D eigenvalue weighted by atomic mass is 9.76. The molecule has 0 aromatic heterocycles. The third-order valence-electron chi connectivity index (χ3n) is 6.75. The molecular weight excluding hydrogens is 368 g/mol. The van der Waals surface area contributed by atoms with Gasteiger partial charge in [0.05, 0.1) is 6.04 Å². The van der Waals surface area contributed by atoms with Crippen molar-refractivity contribution in [3.05, 3.63) is 89.5 Å². The minimum atomic E-state index is 0.0160. The van der Waals surface area contributed by atoms with E-state index >= 15 is 0 Å². The highest BCUT2D eigenvalue weighted by atomic mass is 16.1. The van der Waals surface area contributed by atoms with Gasteiger partial charge >= 0.3 is 0 Å². The number of allylic oxidation sites excluding steroid dienone is 2. The molecule has 0 radical (unpaired) electrons. The fourth-order valence-electron chi connectivity index (χ4n) is 4.88. The lowest BCUT2D eigenvalue weighted by Gasteiger charge is -2.38. The molecule has 3 aromatic rings. The van der Waals surface area contributed by atoms with E-state index in [0.29, 0.717) is 11.8 Å². The van der Waals surface area contributed by atoms with Crippen LogP contribution >= 0.6 is 0 Å². The minimum absolute atomic E-state index is 0.0160. The zero-order valence-electron chi connectivity index (χ0n) is 17.6. The fraction of sp³-hybridized carbons (Fsp3) is 0.296. The number of nitrogens with one attached hydrogen (secondary N) is 2. The average molecular weight is 397 g/mol. The van der Waals surface area contributed by atoms with Gasteiger partial charge in [-0.3, -0.25) is 4.79 Å². The smallest absolute Gasteiger partial charge is 0.251 e. The summed E-state index contributed by atoms with van der Waals surface area (Å²) in [6.07, 6.45) is 6.61. The Morgan fingerprint density at radius 1 is 1.10 bits per heavy atom. The predicted molar refractivity (Wildman–Crippen MR) is 124 cm³/mol. The lowest BCUT2D eigenvalue weighted by Crippen LogP contribution is -2.33. The van der Waals surface area contributed by atoms with E-state index in [9.17, 15) is 4.79 Å². The Hall–Kier alpha value is -3.07. The molecule has 152 valence electrons. The van der Waals surface area contributed by atoms with Crippen LogP contribution in [0.1, 0.15) is 60.1 Å². The van der Waals surface area contributed by atoms with E-state index in [4.69, 9.17) is 0 Å². The molecular formula is C27H28N2O. The molecule has 1 heterocycles. The van der Waals surface area contributed by atoms with Crippen molar-refractivity contribution < 1.29 is 4.79 Å². The Balaban J connectivity index is 1.49. The highest BCUT2D eigenvalue weighted by Gasteiger charge is 2.38. The molecule has 0 saturated heterocycles. The van der Waals surface area contributed by atoms with Crippen LogP contribution in [0.2, 0.25) is 0 Å². The monoisotopic (exact) mass is 396 g/mol. The van der Waals surface area contributed by atoms with Gasteiger partial charge in [0, 0.05) is 23.2 Å². The number of carbonyl (C=O) groups excluding carboxylic acids is 1. The van der Waals surface area contributed by atoms with Gasteiger partial charge in [0.15, 0.2) is 0 Å². The van der Waals surface area contributed by atoms with E-state index in [-0.39, 0.29) is 18.0 Å². The maximum Gasteiger partial charge on any atom is 0.251 e. The van der Waals surface area contributed by atoms with E-state index in [1.54, 1.807) is 0 Å². The summed E-state index contributed by atoms with van der Waals surface area (Å²) in [5.41, 5.74) is 4.46. The quantitative estimate of drug-likeness (QED) is 0.516. The molecule has 3 aromatic carbocycles. The molecule has 0 bridgehead atoms. The zero-order valence-corrected chi connectivity index (χ0v) is 17.6. The molecule has 0 spiro atoms. The fourth-order valence-corrected chi connectivity index (χ4v) is 4.88. The second-order valence-electron chi connectivity index (χ2n) is 8.67. The van der Waals surface area contributed by atoms with Gasteiger partial charge in [-0.2, -0.15) is 0 Å². The number of anilines is 1. The molecule has 3 heteroatoms. The van der Waals surface area contributed by atoms with Gasteiger partial charge in [0.25, 0.3) is 5.91 Å². The standard InChI is InChI=1S/C27H28N2O/c1-3-17(2)28-27(30)21-13-14-25-24(16-21)22-9-6-10-23(22)26(29-25)20-12-11-18-7-4-5-8-19(18)15-20/h4-9,11-17,22-23,26,29H,3,10H2,1-2H3,(H,28,30). The Bertz CT molecular complexity index is 1130. The van der Waals surface area contributed by atoms with Gasteiger partial charge in [-0.25, -0.2) is 0 Å². The van der Waals surface area contributed by atoms with Crippen LogP contribution in [0.5, 0.6) is 0 Å². The first kappa shape index (κ1) is 18.9. The normalized spacial score (nSPS) is 22.8. The van der Waals surface area contributed by atoms with Gasteiger partial charge in [0.2, 0.25) is 0 Å². The number of rotatable bonds is 4. The molecule has 1 amide bonds. The molecule has 0 fully saturated rings. The Morgan fingerprint density at radius 2 is 1.93 bits per heavy atom. The number of hydrogen-bond donors (Lipinski definition) is 2. The minimum Gasteiger partial charge on any atom is -0.378 e. The summed E-state index contributed by atoms with van der Waals surface area (Å²) >= 11 is 0. The lowest BCUT2D eigenvalue weighted by molar-refractivity contribution is 0.0939. The van der Waals surface area contributed by atoms with Gasteiger partial charge in [-0.05, 0) is 71.8 Å². The topological polar surface area (TPSA) is 41.1 Å². The second kappa shape index (κ2) is 7.64. The summed E-state index contributed by atoms with van der Waals surface area (Å²) in [7, 11) is 0. The first-order chi connectivity index (χ1) is 14.6. The van der Waals surface area contributed by atoms with Gasteiger partial charge in [-0.1, -0.05) is 55.5 Å². The summed E-state index contributed by atoms with van der Waals surface area (Å²) < 4.78 is 0. The zero-order chi connectivity index (χ0) is 20.7. The van der Waals surface area contributed by atoms with Crippen LogP contribution in [-0.2, 0) is 0 Å². The van der Waals surface area contributed by atoms with Crippen LogP contribution in [0.4, 0.5) is 5.69 Å². The Labute approximate surface area is 178 Å². The van der Waals surface area contributed by atoms with Crippen molar-refractivity contribution in [3.63, 3.8) is 0 Å². The highest BCUT2D eigenvalue weighted by molar-refractivity contribution is 5.95. The maximum absolute atomic E-state index is 12.7. The highest BCUT2D eigenvalue weighted by Crippen LogP contribution is 2.50. The van der Waals surface area contributed by atoms with Crippen molar-refractivity contribution in [3.8, 4) is 0 Å². The average Bonchev–Trinajstić information content (AvgIpc) is 3.28. The van der Waals surface area contributed by atoms with E-state index in [2.05, 4.69) is 84.3 Å². The second-order valence-corrected chi connectivity index (χ2v) is 8.67. The largest absolute Gasteiger partial charge is 0.378 e. The van der Waals surface area contributed by atoms with Crippen LogP contribution in [-0.4, -0.2) is 11.9 Å². The number of amides is 1. The van der Waals surface area contributed by atoms with Crippen LogP contribution in [0.15, 0.2) is 72.8 Å². The van der Waals surface area contributed by atoms with Crippen molar-refractivity contribution in [2.45, 2.75) is 44.7 Å². The van der Waals surface area contributed by atoms with Gasteiger partial charge in [0.1, 0.15) is 0 Å². The number of fused-ring (bicyclic) bond motifs is 4. The van der Waals surface area contributed by atoms with Crippen LogP contribution in [0, 0.1) is 5.92 Å². The summed E-state index contributed by atoms with van der Waals surface area (Å²) in [4.78, 5) is 12.7. The molecule has 5 rings (SSSR count). The molecule has 30 heavy (non-hydrogen) atoms. The van der Waals surface area contributed by atoms with E-state index in [1.165, 1.54) is 21.9 Å². The third kappa shape index (κ3) is 3.28. The van der Waals surface area contributed by atoms with Crippen molar-refractivity contribution in [2.75, 3.05) is 5.32 Å². The number of carbonyl (C=O) groups is 1. The van der Waals surface area contributed by atoms with E-state index in [1.807, 2.05) is 13.0 Å². The molecule has 3 nitrogen and oxygen atoms in total. The summed E-state index contributed by atoms with van der Waals surface area (Å²) in [5, 5.41) is 9.44. The maximum atomic E-state index is 12.7. The molecule has 4 unspecified atom stereocenters. The summed E-state index contributed by atoms with van der Waals surface area (Å²) in [5.74, 6) is 0.822. The summed E-state index contributed by atoms with van der Waals surface area (Å²) in [6.45, 7) is 4.13. The predicted octanol–water partition coefficient (Wildman–Crippen LogP) is 6.19. The number of hydrogen-bond acceptors (Lipinski definition) is 2. The van der Waals surface area contributed by atoms with Crippen molar-refractivity contribution in [1.29, 1.82) is 0 Å². The SMILES string of the molecule is CCC(C)NC(=O)c1ccc2c(c1)C1C=CCC1C(c1ccc3ccccc3c1)N2. The van der Waals surface area contributed by atoms with E-state index in [0.717, 1.165) is 24.1 Å². The molecule has 2 N–H and O–H groups in total. The molecule has 2 aliphatic rings. The molecule has 1 aliphatic carbocycles. The molecule has 1 aliphatic heterocycles. The first-order valence-electron chi connectivity index (χ1n) is 11.0.